The van der Waals surface area contributed by atoms with Gasteiger partial charge in [-0.15, -0.1) is 21.5 Å². The van der Waals surface area contributed by atoms with E-state index in [4.69, 9.17) is 4.74 Å². The van der Waals surface area contributed by atoms with Crippen molar-refractivity contribution in [3.8, 4) is 16.5 Å². The molecule has 3 aromatic rings. The first-order chi connectivity index (χ1) is 13.1. The molecule has 0 aliphatic carbocycles. The predicted octanol–water partition coefficient (Wildman–Crippen LogP) is 3.79. The van der Waals surface area contributed by atoms with Crippen LogP contribution in [0.3, 0.4) is 0 Å². The Hall–Kier alpha value is -2.32. The molecule has 0 radical (unpaired) electrons. The summed E-state index contributed by atoms with van der Waals surface area (Å²) in [5.41, 5.74) is 1.06. The molecule has 1 amide bonds. The third-order valence-electron chi connectivity index (χ3n) is 4.10. The van der Waals surface area contributed by atoms with Crippen LogP contribution in [0.5, 0.6) is 5.75 Å². The standard InChI is InChI=1S/C19H22N4O2S2/c1-4-23-18(16-6-5-11-26-16)20-21-19(23)27-13-17(24)22(2)12-14-7-9-15(25-3)10-8-14/h5-11H,4,12-13H2,1-3H3. The van der Waals surface area contributed by atoms with Gasteiger partial charge in [-0.2, -0.15) is 0 Å². The van der Waals surface area contributed by atoms with Gasteiger partial charge in [0.15, 0.2) is 11.0 Å². The van der Waals surface area contributed by atoms with E-state index in [2.05, 4.69) is 17.1 Å². The molecule has 142 valence electrons. The van der Waals surface area contributed by atoms with Crippen LogP contribution >= 0.6 is 23.1 Å². The Morgan fingerprint density at radius 2 is 2.04 bits per heavy atom. The molecule has 6 nitrogen and oxygen atoms in total. The highest BCUT2D eigenvalue weighted by atomic mass is 32.2. The topological polar surface area (TPSA) is 60.2 Å². The van der Waals surface area contributed by atoms with Crippen molar-refractivity contribution in [1.29, 1.82) is 0 Å². The van der Waals surface area contributed by atoms with Crippen molar-refractivity contribution < 1.29 is 9.53 Å². The minimum Gasteiger partial charge on any atom is -0.497 e. The van der Waals surface area contributed by atoms with Gasteiger partial charge < -0.3 is 14.2 Å². The number of aromatic nitrogens is 3. The van der Waals surface area contributed by atoms with E-state index in [0.29, 0.717) is 12.3 Å². The van der Waals surface area contributed by atoms with Crippen LogP contribution < -0.4 is 4.74 Å². The fourth-order valence-corrected chi connectivity index (χ4v) is 4.26. The van der Waals surface area contributed by atoms with Crippen molar-refractivity contribution in [2.75, 3.05) is 19.9 Å². The molecule has 8 heteroatoms. The first-order valence-electron chi connectivity index (χ1n) is 8.59. The lowest BCUT2D eigenvalue weighted by atomic mass is 10.2. The summed E-state index contributed by atoms with van der Waals surface area (Å²) < 4.78 is 7.21. The van der Waals surface area contributed by atoms with Crippen molar-refractivity contribution in [1.82, 2.24) is 19.7 Å². The number of thiophene rings is 1. The zero-order chi connectivity index (χ0) is 19.2. The van der Waals surface area contributed by atoms with Gasteiger partial charge in [0.1, 0.15) is 5.75 Å². The van der Waals surface area contributed by atoms with Gasteiger partial charge in [0, 0.05) is 20.1 Å². The van der Waals surface area contributed by atoms with E-state index in [-0.39, 0.29) is 5.91 Å². The molecule has 27 heavy (non-hydrogen) atoms. The molecule has 0 bridgehead atoms. The number of rotatable bonds is 8. The maximum Gasteiger partial charge on any atom is 0.233 e. The van der Waals surface area contributed by atoms with Crippen molar-refractivity contribution in [2.45, 2.75) is 25.2 Å². The van der Waals surface area contributed by atoms with Crippen LogP contribution in [-0.4, -0.2) is 45.5 Å². The molecule has 3 rings (SSSR count). The number of carbonyl (C=O) groups is 1. The first kappa shape index (κ1) is 19.4. The lowest BCUT2D eigenvalue weighted by Gasteiger charge is -2.17. The Kier molecular flexibility index (Phi) is 6.52. The largest absolute Gasteiger partial charge is 0.497 e. The molecule has 0 atom stereocenters. The van der Waals surface area contributed by atoms with Crippen LogP contribution in [0, 0.1) is 0 Å². The monoisotopic (exact) mass is 402 g/mol. The van der Waals surface area contributed by atoms with Crippen LogP contribution in [0.4, 0.5) is 0 Å². The number of benzene rings is 1. The van der Waals surface area contributed by atoms with Gasteiger partial charge in [0.05, 0.1) is 17.7 Å². The molecule has 0 spiro atoms. The van der Waals surface area contributed by atoms with E-state index in [1.165, 1.54) is 11.8 Å². The van der Waals surface area contributed by atoms with Gasteiger partial charge in [-0.25, -0.2) is 0 Å². The second kappa shape index (κ2) is 9.05. The predicted molar refractivity (Wildman–Crippen MR) is 109 cm³/mol. The highest BCUT2D eigenvalue weighted by Crippen LogP contribution is 2.27. The van der Waals surface area contributed by atoms with Crippen LogP contribution in [0.15, 0.2) is 46.9 Å². The quantitative estimate of drug-likeness (QED) is 0.537. The Labute approximate surface area is 167 Å². The summed E-state index contributed by atoms with van der Waals surface area (Å²) in [6.07, 6.45) is 0. The third-order valence-corrected chi connectivity index (χ3v) is 5.92. The molecule has 2 aromatic heterocycles. The minimum atomic E-state index is 0.0548. The summed E-state index contributed by atoms with van der Waals surface area (Å²) in [5, 5.41) is 11.4. The first-order valence-corrected chi connectivity index (χ1v) is 10.5. The van der Waals surface area contributed by atoms with Gasteiger partial charge in [-0.3, -0.25) is 4.79 Å². The fraction of sp³-hybridized carbons (Fsp3) is 0.316. The van der Waals surface area contributed by atoms with Crippen LogP contribution in [-0.2, 0) is 17.9 Å². The molecule has 0 unspecified atom stereocenters. The number of hydrogen-bond donors (Lipinski definition) is 0. The van der Waals surface area contributed by atoms with Crippen molar-refractivity contribution in [3.63, 3.8) is 0 Å². The van der Waals surface area contributed by atoms with E-state index in [1.807, 2.05) is 53.4 Å². The third kappa shape index (κ3) is 4.70. The maximum atomic E-state index is 12.5. The average molecular weight is 403 g/mol. The molecule has 0 saturated heterocycles. The number of ether oxygens (including phenoxy) is 1. The van der Waals surface area contributed by atoms with Crippen LogP contribution in [0.2, 0.25) is 0 Å². The fourth-order valence-electron chi connectivity index (χ4n) is 2.60. The Morgan fingerprint density at radius 1 is 1.26 bits per heavy atom. The summed E-state index contributed by atoms with van der Waals surface area (Å²) in [6.45, 7) is 3.38. The van der Waals surface area contributed by atoms with E-state index in [0.717, 1.165) is 33.7 Å². The molecular weight excluding hydrogens is 380 g/mol. The van der Waals surface area contributed by atoms with Gasteiger partial charge >= 0.3 is 0 Å². The zero-order valence-corrected chi connectivity index (χ0v) is 17.2. The second-order valence-corrected chi connectivity index (χ2v) is 7.80. The second-order valence-electron chi connectivity index (χ2n) is 5.91. The van der Waals surface area contributed by atoms with Gasteiger partial charge in [-0.1, -0.05) is 30.0 Å². The van der Waals surface area contributed by atoms with Crippen molar-refractivity contribution in [3.05, 3.63) is 47.3 Å². The number of methoxy groups -OCH3 is 1. The van der Waals surface area contributed by atoms with Crippen LogP contribution in [0.25, 0.3) is 10.7 Å². The summed E-state index contributed by atoms with van der Waals surface area (Å²) in [7, 11) is 3.45. The molecule has 2 heterocycles. The van der Waals surface area contributed by atoms with Gasteiger partial charge in [-0.05, 0) is 36.1 Å². The van der Waals surface area contributed by atoms with Crippen LogP contribution in [0.1, 0.15) is 12.5 Å². The van der Waals surface area contributed by atoms with Gasteiger partial charge in [0.25, 0.3) is 0 Å². The number of hydrogen-bond acceptors (Lipinski definition) is 6. The van der Waals surface area contributed by atoms with Crippen molar-refractivity contribution in [2.24, 2.45) is 0 Å². The molecule has 0 N–H and O–H groups in total. The van der Waals surface area contributed by atoms with E-state index >= 15 is 0 Å². The summed E-state index contributed by atoms with van der Waals surface area (Å²) in [4.78, 5) is 15.3. The maximum absolute atomic E-state index is 12.5. The number of nitrogens with zero attached hydrogens (tertiary/aromatic N) is 4. The lowest BCUT2D eigenvalue weighted by Crippen LogP contribution is -2.27. The lowest BCUT2D eigenvalue weighted by molar-refractivity contribution is -0.127. The average Bonchev–Trinajstić information content (AvgIpc) is 3.35. The van der Waals surface area contributed by atoms with E-state index in [9.17, 15) is 4.79 Å². The number of thioether (sulfide) groups is 1. The van der Waals surface area contributed by atoms with E-state index in [1.54, 1.807) is 23.3 Å². The highest BCUT2D eigenvalue weighted by Gasteiger charge is 2.16. The molecule has 0 fully saturated rings. The summed E-state index contributed by atoms with van der Waals surface area (Å²) >= 11 is 3.06. The Bertz CT molecular complexity index is 876. The Balaban J connectivity index is 1.60. The molecular formula is C19H22N4O2S2. The SMILES string of the molecule is CCn1c(SCC(=O)N(C)Cc2ccc(OC)cc2)nnc1-c1cccs1. The smallest absolute Gasteiger partial charge is 0.233 e. The zero-order valence-electron chi connectivity index (χ0n) is 15.6. The van der Waals surface area contributed by atoms with E-state index < -0.39 is 0 Å². The molecule has 0 saturated carbocycles. The normalized spacial score (nSPS) is 10.8. The molecule has 0 aliphatic rings. The summed E-state index contributed by atoms with van der Waals surface area (Å²) in [6, 6.07) is 11.8. The van der Waals surface area contributed by atoms with Gasteiger partial charge in [0.2, 0.25) is 5.91 Å². The number of carbonyl (C=O) groups excluding carboxylic acids is 1. The highest BCUT2D eigenvalue weighted by molar-refractivity contribution is 7.99. The summed E-state index contributed by atoms with van der Waals surface area (Å²) in [5.74, 6) is 2.05. The molecule has 1 aromatic carbocycles. The molecule has 0 aliphatic heterocycles. The number of amides is 1. The van der Waals surface area contributed by atoms with Crippen molar-refractivity contribution >= 4 is 29.0 Å². The Morgan fingerprint density at radius 3 is 2.67 bits per heavy atom. The minimum absolute atomic E-state index is 0.0548.